The Kier molecular flexibility index (Phi) is 4.78. The summed E-state index contributed by atoms with van der Waals surface area (Å²) < 4.78 is 0. The molecule has 0 saturated carbocycles. The Morgan fingerprint density at radius 1 is 1.80 bits per heavy atom. The summed E-state index contributed by atoms with van der Waals surface area (Å²) in [7, 11) is 1.72. The van der Waals surface area contributed by atoms with Crippen LogP contribution in [0.15, 0.2) is 5.10 Å². The van der Waals surface area contributed by atoms with Crippen LogP contribution in [-0.2, 0) is 0 Å². The summed E-state index contributed by atoms with van der Waals surface area (Å²) in [6, 6.07) is -0.0489. The van der Waals surface area contributed by atoms with E-state index in [2.05, 4.69) is 15.8 Å². The second kappa shape index (κ2) is 5.13. The first-order valence-electron chi connectivity index (χ1n) is 2.93. The van der Waals surface area contributed by atoms with Crippen molar-refractivity contribution in [1.82, 2.24) is 10.7 Å². The minimum Gasteiger partial charge on any atom is -0.364 e. The van der Waals surface area contributed by atoms with Crippen LogP contribution in [0.1, 0.15) is 6.92 Å². The number of nitrogens with zero attached hydrogens (tertiary/aromatic N) is 1. The van der Waals surface area contributed by atoms with Crippen LogP contribution >= 0.6 is 12.2 Å². The fourth-order valence-corrected chi connectivity index (χ4v) is 0.322. The van der Waals surface area contributed by atoms with Gasteiger partial charge in [0.25, 0.3) is 0 Å². The van der Waals surface area contributed by atoms with Crippen molar-refractivity contribution in [2.45, 2.75) is 13.0 Å². The molecular weight excluding hydrogens is 148 g/mol. The van der Waals surface area contributed by atoms with E-state index in [4.69, 9.17) is 18.0 Å². The van der Waals surface area contributed by atoms with Crippen LogP contribution in [0.3, 0.4) is 0 Å². The summed E-state index contributed by atoms with van der Waals surface area (Å²) in [5, 5.41) is 6.93. The fraction of sp³-hybridized carbons (Fsp3) is 0.600. The molecule has 1 atom stereocenters. The lowest BCUT2D eigenvalue weighted by atomic mass is 10.4. The first-order valence-corrected chi connectivity index (χ1v) is 3.34. The molecule has 10 heavy (non-hydrogen) atoms. The smallest absolute Gasteiger partial charge is 0.186 e. The molecule has 0 aliphatic carbocycles. The van der Waals surface area contributed by atoms with Gasteiger partial charge >= 0.3 is 0 Å². The van der Waals surface area contributed by atoms with Gasteiger partial charge in [0.05, 0.1) is 0 Å². The minimum absolute atomic E-state index is 0.0489. The highest BCUT2D eigenvalue weighted by Gasteiger charge is 1.85. The Morgan fingerprint density at radius 2 is 2.40 bits per heavy atom. The van der Waals surface area contributed by atoms with Gasteiger partial charge in [0.2, 0.25) is 0 Å². The summed E-state index contributed by atoms with van der Waals surface area (Å²) >= 11 is 4.73. The molecule has 0 fully saturated rings. The molecule has 4 N–H and O–H groups in total. The lowest BCUT2D eigenvalue weighted by molar-refractivity contribution is 0.935. The number of hydrazone groups is 1. The number of hydrogen-bond donors (Lipinski definition) is 3. The molecule has 0 aliphatic heterocycles. The zero-order valence-corrected chi connectivity index (χ0v) is 6.90. The molecule has 4 nitrogen and oxygen atoms in total. The van der Waals surface area contributed by atoms with Gasteiger partial charge in [0.15, 0.2) is 5.11 Å². The van der Waals surface area contributed by atoms with Gasteiger partial charge in [0.1, 0.15) is 0 Å². The highest BCUT2D eigenvalue weighted by molar-refractivity contribution is 7.80. The monoisotopic (exact) mass is 160 g/mol. The van der Waals surface area contributed by atoms with Crippen LogP contribution in [0, 0.1) is 0 Å². The summed E-state index contributed by atoms with van der Waals surface area (Å²) in [6.45, 7) is 1.83. The number of thiocarbonyl (C=S) groups is 1. The SMILES string of the molecule is CNC(=S)N/N=C/C(C)N. The van der Waals surface area contributed by atoms with Crippen LogP contribution in [0.4, 0.5) is 0 Å². The predicted molar refractivity (Wildman–Crippen MR) is 46.9 cm³/mol. The van der Waals surface area contributed by atoms with Crippen LogP contribution in [0.2, 0.25) is 0 Å². The summed E-state index contributed by atoms with van der Waals surface area (Å²) in [5.74, 6) is 0. The van der Waals surface area contributed by atoms with E-state index in [0.29, 0.717) is 5.11 Å². The van der Waals surface area contributed by atoms with Gasteiger partial charge in [-0.05, 0) is 19.1 Å². The number of nitrogens with two attached hydrogens (primary N) is 1. The Balaban J connectivity index is 3.43. The van der Waals surface area contributed by atoms with Crippen molar-refractivity contribution in [2.75, 3.05) is 7.05 Å². The van der Waals surface area contributed by atoms with Crippen LogP contribution in [0.5, 0.6) is 0 Å². The Morgan fingerprint density at radius 3 is 2.80 bits per heavy atom. The van der Waals surface area contributed by atoms with E-state index < -0.39 is 0 Å². The fourth-order valence-electron chi connectivity index (χ4n) is 0.269. The summed E-state index contributed by atoms with van der Waals surface area (Å²) in [5.41, 5.74) is 7.94. The van der Waals surface area contributed by atoms with E-state index in [1.807, 2.05) is 6.92 Å². The highest BCUT2D eigenvalue weighted by Crippen LogP contribution is 1.67. The lowest BCUT2D eigenvalue weighted by Crippen LogP contribution is -2.29. The molecule has 0 aromatic carbocycles. The standard InChI is InChI=1S/C5H12N4S/c1-4(6)3-8-9-5(10)7-2/h3-4H,6H2,1-2H3,(H2,7,9,10)/b8-3+. The molecule has 0 aromatic rings. The van der Waals surface area contributed by atoms with Crippen molar-refractivity contribution in [3.05, 3.63) is 0 Å². The van der Waals surface area contributed by atoms with Crippen LogP contribution < -0.4 is 16.5 Å². The molecule has 58 valence electrons. The maximum atomic E-state index is 5.37. The quantitative estimate of drug-likeness (QED) is 0.287. The normalized spacial score (nSPS) is 13.1. The van der Waals surface area contributed by atoms with E-state index in [9.17, 15) is 0 Å². The maximum absolute atomic E-state index is 5.37. The molecule has 0 spiro atoms. The van der Waals surface area contributed by atoms with E-state index in [-0.39, 0.29) is 6.04 Å². The average molecular weight is 160 g/mol. The Bertz CT molecular complexity index is 132. The van der Waals surface area contributed by atoms with E-state index >= 15 is 0 Å². The third kappa shape index (κ3) is 5.46. The molecule has 0 saturated heterocycles. The first kappa shape index (κ1) is 9.32. The lowest BCUT2D eigenvalue weighted by Gasteiger charge is -1.99. The second-order valence-electron chi connectivity index (χ2n) is 1.83. The number of hydrogen-bond acceptors (Lipinski definition) is 3. The van der Waals surface area contributed by atoms with Crippen LogP contribution in [-0.4, -0.2) is 24.4 Å². The van der Waals surface area contributed by atoms with Crippen molar-refractivity contribution < 1.29 is 0 Å². The van der Waals surface area contributed by atoms with Crippen molar-refractivity contribution in [1.29, 1.82) is 0 Å². The van der Waals surface area contributed by atoms with Crippen molar-refractivity contribution in [3.63, 3.8) is 0 Å². The van der Waals surface area contributed by atoms with Crippen molar-refractivity contribution in [3.8, 4) is 0 Å². The molecule has 0 amide bonds. The molecule has 0 bridgehead atoms. The van der Waals surface area contributed by atoms with E-state index in [0.717, 1.165) is 0 Å². The van der Waals surface area contributed by atoms with Gasteiger partial charge in [-0.1, -0.05) is 0 Å². The zero-order chi connectivity index (χ0) is 7.98. The predicted octanol–water partition coefficient (Wildman–Crippen LogP) is -0.587. The minimum atomic E-state index is -0.0489. The number of nitrogens with one attached hydrogen (secondary N) is 2. The van der Waals surface area contributed by atoms with Gasteiger partial charge in [0, 0.05) is 19.3 Å². The van der Waals surface area contributed by atoms with Gasteiger partial charge in [-0.3, -0.25) is 5.43 Å². The molecule has 0 heterocycles. The molecule has 5 heteroatoms. The highest BCUT2D eigenvalue weighted by atomic mass is 32.1. The third-order valence-electron chi connectivity index (χ3n) is 0.703. The molecule has 0 radical (unpaired) electrons. The molecule has 1 unspecified atom stereocenters. The second-order valence-corrected chi connectivity index (χ2v) is 2.24. The number of rotatable bonds is 2. The molecule has 0 rings (SSSR count). The Labute approximate surface area is 65.9 Å². The van der Waals surface area contributed by atoms with Gasteiger partial charge < -0.3 is 11.1 Å². The topological polar surface area (TPSA) is 62.4 Å². The van der Waals surface area contributed by atoms with Gasteiger partial charge in [-0.15, -0.1) is 0 Å². The van der Waals surface area contributed by atoms with E-state index in [1.165, 1.54) is 0 Å². The molecule has 0 aliphatic rings. The van der Waals surface area contributed by atoms with Gasteiger partial charge in [-0.25, -0.2) is 0 Å². The largest absolute Gasteiger partial charge is 0.364 e. The molecular formula is C5H12N4S. The van der Waals surface area contributed by atoms with Crippen molar-refractivity contribution in [2.24, 2.45) is 10.8 Å². The zero-order valence-electron chi connectivity index (χ0n) is 6.09. The van der Waals surface area contributed by atoms with E-state index in [1.54, 1.807) is 13.3 Å². The Hall–Kier alpha value is -0.680. The van der Waals surface area contributed by atoms with Gasteiger partial charge in [-0.2, -0.15) is 5.10 Å². The maximum Gasteiger partial charge on any atom is 0.186 e. The molecule has 0 aromatic heterocycles. The average Bonchev–Trinajstić information content (AvgIpc) is 1.87. The third-order valence-corrected chi connectivity index (χ3v) is 0.998. The first-order chi connectivity index (χ1) is 4.66. The summed E-state index contributed by atoms with van der Waals surface area (Å²) in [6.07, 6.45) is 1.57. The summed E-state index contributed by atoms with van der Waals surface area (Å²) in [4.78, 5) is 0. The van der Waals surface area contributed by atoms with Crippen molar-refractivity contribution >= 4 is 23.5 Å². The van der Waals surface area contributed by atoms with Crippen LogP contribution in [0.25, 0.3) is 0 Å².